The fraction of sp³-hybridized carbons (Fsp3) is 0.750. The molecular formula is C24H39N9O2. The lowest BCUT2D eigenvalue weighted by Gasteiger charge is -2.31. The number of piperidine rings is 1. The van der Waals surface area contributed by atoms with Crippen molar-refractivity contribution < 1.29 is 9.63 Å². The van der Waals surface area contributed by atoms with Gasteiger partial charge in [-0.25, -0.2) is 9.78 Å². The number of hydrogen-bond acceptors (Lipinski definition) is 9. The molecule has 0 radical (unpaired) electrons. The number of amides is 1. The summed E-state index contributed by atoms with van der Waals surface area (Å²) in [5.74, 6) is 1.45. The van der Waals surface area contributed by atoms with Crippen molar-refractivity contribution >= 4 is 29.0 Å². The third-order valence-electron chi connectivity index (χ3n) is 7.57. The van der Waals surface area contributed by atoms with Crippen LogP contribution in [0.25, 0.3) is 11.2 Å². The van der Waals surface area contributed by atoms with E-state index in [2.05, 4.69) is 20.5 Å². The molecule has 2 aliphatic carbocycles. The van der Waals surface area contributed by atoms with Crippen molar-refractivity contribution in [1.82, 2.24) is 29.9 Å². The molecule has 11 heteroatoms. The summed E-state index contributed by atoms with van der Waals surface area (Å²) >= 11 is 0. The lowest BCUT2D eigenvalue weighted by molar-refractivity contribution is -0.112. The normalized spacial score (nSPS) is 24.5. The van der Waals surface area contributed by atoms with Crippen LogP contribution in [0.1, 0.15) is 77.2 Å². The summed E-state index contributed by atoms with van der Waals surface area (Å²) in [7, 11) is 0. The molecule has 3 aliphatic rings. The van der Waals surface area contributed by atoms with E-state index in [4.69, 9.17) is 25.5 Å². The number of nitrogens with one attached hydrogen (secondary N) is 3. The molecule has 2 aromatic heterocycles. The van der Waals surface area contributed by atoms with Gasteiger partial charge in [-0.2, -0.15) is 9.97 Å². The SMILES string of the molecule is CCNC(=O)ON1CCC(Nc2nc(NC3CCC(N)CC3)nc3c2ncn3C2CCCC2)CC1. The van der Waals surface area contributed by atoms with Gasteiger partial charge in [0.1, 0.15) is 0 Å². The van der Waals surface area contributed by atoms with E-state index in [-0.39, 0.29) is 6.04 Å². The van der Waals surface area contributed by atoms with Crippen molar-refractivity contribution in [3.8, 4) is 0 Å². The molecule has 192 valence electrons. The van der Waals surface area contributed by atoms with E-state index in [1.54, 1.807) is 5.06 Å². The monoisotopic (exact) mass is 485 g/mol. The highest BCUT2D eigenvalue weighted by Crippen LogP contribution is 2.33. The average molecular weight is 486 g/mol. The molecule has 0 bridgehead atoms. The molecule has 35 heavy (non-hydrogen) atoms. The molecule has 0 aromatic carbocycles. The van der Waals surface area contributed by atoms with E-state index in [0.29, 0.717) is 43.7 Å². The summed E-state index contributed by atoms with van der Waals surface area (Å²) in [5, 5.41) is 11.6. The van der Waals surface area contributed by atoms with Gasteiger partial charge in [-0.3, -0.25) is 0 Å². The Balaban J connectivity index is 1.32. The quantitative estimate of drug-likeness (QED) is 0.466. The molecule has 1 saturated heterocycles. The van der Waals surface area contributed by atoms with E-state index < -0.39 is 6.09 Å². The fourth-order valence-corrected chi connectivity index (χ4v) is 5.56. The van der Waals surface area contributed by atoms with Crippen LogP contribution in [0.15, 0.2) is 6.33 Å². The second kappa shape index (κ2) is 10.9. The number of anilines is 2. The van der Waals surface area contributed by atoms with Gasteiger partial charge in [0, 0.05) is 43.8 Å². The number of fused-ring (bicyclic) bond motifs is 1. The maximum absolute atomic E-state index is 11.7. The Morgan fingerprint density at radius 1 is 1.03 bits per heavy atom. The van der Waals surface area contributed by atoms with Crippen LogP contribution in [0.2, 0.25) is 0 Å². The van der Waals surface area contributed by atoms with Crippen LogP contribution >= 0.6 is 0 Å². The Kier molecular flexibility index (Phi) is 7.52. The van der Waals surface area contributed by atoms with Crippen molar-refractivity contribution in [3.05, 3.63) is 6.33 Å². The average Bonchev–Trinajstić information content (AvgIpc) is 3.52. The molecule has 11 nitrogen and oxygen atoms in total. The van der Waals surface area contributed by atoms with Crippen molar-refractivity contribution in [2.75, 3.05) is 30.3 Å². The van der Waals surface area contributed by atoms with Gasteiger partial charge in [-0.15, -0.1) is 5.06 Å². The zero-order chi connectivity index (χ0) is 24.2. The van der Waals surface area contributed by atoms with Crippen LogP contribution in [0.5, 0.6) is 0 Å². The third-order valence-corrected chi connectivity index (χ3v) is 7.57. The third kappa shape index (κ3) is 5.78. The molecule has 3 fully saturated rings. The maximum atomic E-state index is 11.7. The predicted molar refractivity (Wildman–Crippen MR) is 135 cm³/mol. The lowest BCUT2D eigenvalue weighted by atomic mass is 9.92. The molecule has 1 amide bonds. The van der Waals surface area contributed by atoms with Gasteiger partial charge >= 0.3 is 6.09 Å². The van der Waals surface area contributed by atoms with Crippen LogP contribution in [-0.2, 0) is 4.84 Å². The Morgan fingerprint density at radius 3 is 2.46 bits per heavy atom. The Bertz CT molecular complexity index is 990. The number of carbonyl (C=O) groups is 1. The van der Waals surface area contributed by atoms with Gasteiger partial charge in [0.15, 0.2) is 17.0 Å². The first-order valence-electron chi connectivity index (χ1n) is 13.3. The summed E-state index contributed by atoms with van der Waals surface area (Å²) in [6.45, 7) is 3.78. The van der Waals surface area contributed by atoms with Crippen LogP contribution in [0.4, 0.5) is 16.6 Å². The number of hydroxylamine groups is 2. The lowest BCUT2D eigenvalue weighted by Crippen LogP contribution is -2.42. The molecule has 3 heterocycles. The van der Waals surface area contributed by atoms with E-state index in [1.165, 1.54) is 25.7 Å². The smallest absolute Gasteiger partial charge is 0.365 e. The summed E-state index contributed by atoms with van der Waals surface area (Å²) in [6.07, 6.45) is 12.2. The number of carbonyl (C=O) groups excluding carboxylic acids is 1. The summed E-state index contributed by atoms with van der Waals surface area (Å²) in [4.78, 5) is 31.7. The topological polar surface area (TPSA) is 135 Å². The first-order valence-corrected chi connectivity index (χ1v) is 13.3. The van der Waals surface area contributed by atoms with E-state index in [0.717, 1.165) is 55.5 Å². The van der Waals surface area contributed by atoms with Crippen molar-refractivity contribution in [1.29, 1.82) is 0 Å². The van der Waals surface area contributed by atoms with Crippen LogP contribution in [0, 0.1) is 0 Å². The molecule has 5 N–H and O–H groups in total. The minimum absolute atomic E-state index is 0.222. The maximum Gasteiger partial charge on any atom is 0.426 e. The minimum Gasteiger partial charge on any atom is -0.365 e. The van der Waals surface area contributed by atoms with Gasteiger partial charge in [0.2, 0.25) is 5.95 Å². The molecule has 0 atom stereocenters. The fourth-order valence-electron chi connectivity index (χ4n) is 5.56. The summed E-state index contributed by atoms with van der Waals surface area (Å²) < 4.78 is 2.25. The number of nitrogens with zero attached hydrogens (tertiary/aromatic N) is 5. The second-order valence-electron chi connectivity index (χ2n) is 10.2. The minimum atomic E-state index is -0.395. The van der Waals surface area contributed by atoms with Crippen LogP contribution in [-0.4, -0.2) is 68.4 Å². The van der Waals surface area contributed by atoms with Gasteiger partial charge in [0.25, 0.3) is 0 Å². The summed E-state index contributed by atoms with van der Waals surface area (Å²) in [5.41, 5.74) is 7.84. The van der Waals surface area contributed by atoms with E-state index in [9.17, 15) is 4.79 Å². The van der Waals surface area contributed by atoms with Gasteiger partial charge in [0.05, 0.1) is 6.33 Å². The predicted octanol–water partition coefficient (Wildman–Crippen LogP) is 3.16. The zero-order valence-corrected chi connectivity index (χ0v) is 20.7. The second-order valence-corrected chi connectivity index (χ2v) is 10.2. The van der Waals surface area contributed by atoms with Crippen molar-refractivity contribution in [2.45, 2.75) is 95.3 Å². The standard InChI is InChI=1S/C24H39N9O2/c1-2-26-24(34)35-32-13-11-18(12-14-32)28-21-20-22(33(15-27-20)19-5-3-4-6-19)31-23(30-21)29-17-9-7-16(25)8-10-17/h15-19H,2-14,25H2,1H3,(H,26,34)(H2,28,29,30,31). The number of hydrogen-bond donors (Lipinski definition) is 4. The first-order chi connectivity index (χ1) is 17.1. The van der Waals surface area contributed by atoms with E-state index >= 15 is 0 Å². The van der Waals surface area contributed by atoms with Crippen LogP contribution < -0.4 is 21.7 Å². The first kappa shape index (κ1) is 24.1. The molecule has 1 aliphatic heterocycles. The highest BCUT2D eigenvalue weighted by atomic mass is 16.7. The molecule has 2 saturated carbocycles. The molecule has 5 rings (SSSR count). The zero-order valence-electron chi connectivity index (χ0n) is 20.7. The Hall–Kier alpha value is -2.66. The highest BCUT2D eigenvalue weighted by Gasteiger charge is 2.26. The van der Waals surface area contributed by atoms with Crippen molar-refractivity contribution in [3.63, 3.8) is 0 Å². The molecule has 0 unspecified atom stereocenters. The Labute approximate surface area is 206 Å². The van der Waals surface area contributed by atoms with Gasteiger partial charge in [-0.05, 0) is 58.3 Å². The highest BCUT2D eigenvalue weighted by molar-refractivity contribution is 5.84. The molecule has 2 aromatic rings. The molecule has 0 spiro atoms. The number of rotatable bonds is 7. The Morgan fingerprint density at radius 2 is 1.74 bits per heavy atom. The largest absolute Gasteiger partial charge is 0.426 e. The molecular weight excluding hydrogens is 446 g/mol. The van der Waals surface area contributed by atoms with E-state index in [1.807, 2.05) is 13.3 Å². The van der Waals surface area contributed by atoms with Gasteiger partial charge in [-0.1, -0.05) is 12.8 Å². The number of nitrogens with two attached hydrogens (primary N) is 1. The van der Waals surface area contributed by atoms with Gasteiger partial charge < -0.3 is 31.1 Å². The summed E-state index contributed by atoms with van der Waals surface area (Å²) in [6, 6.07) is 1.33. The number of aromatic nitrogens is 4. The van der Waals surface area contributed by atoms with Crippen LogP contribution in [0.3, 0.4) is 0 Å². The van der Waals surface area contributed by atoms with Crippen molar-refractivity contribution in [2.24, 2.45) is 5.73 Å². The number of imidazole rings is 1.